The summed E-state index contributed by atoms with van der Waals surface area (Å²) >= 11 is 0. The number of anilines is 1. The molecule has 2 aliphatic heterocycles. The zero-order valence-corrected chi connectivity index (χ0v) is 19.7. The molecule has 0 spiro atoms. The Bertz CT molecular complexity index is 1160. The van der Waals surface area contributed by atoms with Crippen LogP contribution in [0.1, 0.15) is 51.7 Å². The molecular weight excluding hydrogens is 410 g/mol. The van der Waals surface area contributed by atoms with E-state index in [1.807, 2.05) is 37.3 Å². The fourth-order valence-corrected chi connectivity index (χ4v) is 5.38. The summed E-state index contributed by atoms with van der Waals surface area (Å²) in [6.45, 7) is 9.65. The van der Waals surface area contributed by atoms with E-state index in [1.165, 1.54) is 0 Å². The van der Waals surface area contributed by atoms with Crippen LogP contribution in [0.3, 0.4) is 0 Å². The zero-order valence-electron chi connectivity index (χ0n) is 19.7. The molecule has 33 heavy (non-hydrogen) atoms. The Kier molecular flexibility index (Phi) is 5.77. The first-order valence-corrected chi connectivity index (χ1v) is 11.5. The van der Waals surface area contributed by atoms with Gasteiger partial charge in [-0.05, 0) is 36.7 Å². The number of rotatable bonds is 3. The van der Waals surface area contributed by atoms with Crippen LogP contribution in [0.4, 0.5) is 5.82 Å². The number of benzene rings is 1. The molecule has 0 amide bonds. The Morgan fingerprint density at radius 3 is 2.42 bits per heavy atom. The highest BCUT2D eigenvalue weighted by Gasteiger charge is 2.53. The first-order chi connectivity index (χ1) is 15.8. The van der Waals surface area contributed by atoms with Gasteiger partial charge < -0.3 is 9.64 Å². The lowest BCUT2D eigenvalue weighted by molar-refractivity contribution is 0.146. The predicted molar refractivity (Wildman–Crippen MR) is 126 cm³/mol. The molecule has 1 saturated heterocycles. The second-order valence-corrected chi connectivity index (χ2v) is 10.0. The highest BCUT2D eigenvalue weighted by Crippen LogP contribution is 2.51. The van der Waals surface area contributed by atoms with Gasteiger partial charge in [0.15, 0.2) is 5.41 Å². The monoisotopic (exact) mass is 439 g/mol. The topological polar surface area (TPSA) is 96.7 Å². The molecule has 1 aromatic carbocycles. The summed E-state index contributed by atoms with van der Waals surface area (Å²) in [5, 5.41) is 30.7. The van der Waals surface area contributed by atoms with Crippen molar-refractivity contribution in [3.8, 4) is 35.2 Å². The van der Waals surface area contributed by atoms with Crippen LogP contribution >= 0.6 is 0 Å². The number of hydrogen-bond donors (Lipinski definition) is 0. The van der Waals surface area contributed by atoms with Gasteiger partial charge >= 0.3 is 0 Å². The van der Waals surface area contributed by atoms with Gasteiger partial charge in [0.25, 0.3) is 0 Å². The average Bonchev–Trinajstić information content (AvgIpc) is 2.82. The maximum Gasteiger partial charge on any atom is 0.234 e. The van der Waals surface area contributed by atoms with E-state index in [9.17, 15) is 15.8 Å². The first kappa shape index (κ1) is 22.6. The molecule has 0 unspecified atom stereocenters. The molecule has 6 heteroatoms. The quantitative estimate of drug-likeness (QED) is 0.649. The number of aromatic nitrogens is 1. The van der Waals surface area contributed by atoms with Crippen molar-refractivity contribution in [2.75, 3.05) is 18.1 Å². The molecule has 0 saturated carbocycles. The summed E-state index contributed by atoms with van der Waals surface area (Å²) in [6, 6.07) is 16.5. The maximum absolute atomic E-state index is 10.3. The minimum atomic E-state index is -1.21. The number of nitrogens with zero attached hydrogens (tertiary/aromatic N) is 5. The molecule has 2 aliphatic rings. The Hall–Kier alpha value is -3.56. The van der Waals surface area contributed by atoms with Crippen LogP contribution in [0.15, 0.2) is 30.3 Å². The molecule has 1 fully saturated rings. The van der Waals surface area contributed by atoms with E-state index in [-0.39, 0.29) is 17.9 Å². The van der Waals surface area contributed by atoms with Gasteiger partial charge in [0, 0.05) is 24.1 Å². The summed E-state index contributed by atoms with van der Waals surface area (Å²) in [5.74, 6) is 1.46. The Labute approximate surface area is 196 Å². The fraction of sp³-hybridized carbons (Fsp3) is 0.481. The molecule has 168 valence electrons. The predicted octanol–water partition coefficient (Wildman–Crippen LogP) is 5.24. The number of pyridine rings is 1. The van der Waals surface area contributed by atoms with Crippen LogP contribution in [0.5, 0.6) is 5.88 Å². The highest BCUT2D eigenvalue weighted by molar-refractivity contribution is 5.81. The molecule has 3 heterocycles. The highest BCUT2D eigenvalue weighted by atomic mass is 16.5. The van der Waals surface area contributed by atoms with E-state index >= 15 is 0 Å². The Morgan fingerprint density at radius 2 is 1.85 bits per heavy atom. The van der Waals surface area contributed by atoms with Gasteiger partial charge in [-0.25, -0.2) is 0 Å². The number of piperidine rings is 1. The summed E-state index contributed by atoms with van der Waals surface area (Å²) in [5.41, 5.74) is 1.61. The molecule has 1 aromatic heterocycles. The van der Waals surface area contributed by atoms with Gasteiger partial charge in [0.2, 0.25) is 5.88 Å². The molecule has 4 rings (SSSR count). The largest absolute Gasteiger partial charge is 0.477 e. The van der Waals surface area contributed by atoms with E-state index in [2.05, 4.69) is 43.9 Å². The Balaban J connectivity index is 1.99. The third kappa shape index (κ3) is 3.69. The van der Waals surface area contributed by atoms with Crippen LogP contribution in [0.2, 0.25) is 0 Å². The molecule has 0 aliphatic carbocycles. The zero-order chi connectivity index (χ0) is 23.8. The average molecular weight is 440 g/mol. The van der Waals surface area contributed by atoms with Crippen molar-refractivity contribution in [2.45, 2.75) is 53.0 Å². The van der Waals surface area contributed by atoms with Crippen molar-refractivity contribution in [2.24, 2.45) is 16.7 Å². The van der Waals surface area contributed by atoms with Crippen LogP contribution in [0.25, 0.3) is 11.1 Å². The minimum absolute atomic E-state index is 0.0901. The first-order valence-electron chi connectivity index (χ1n) is 11.5. The van der Waals surface area contributed by atoms with E-state index < -0.39 is 5.41 Å². The molecule has 0 N–H and O–H groups in total. The van der Waals surface area contributed by atoms with Gasteiger partial charge in [0.05, 0.1) is 24.8 Å². The summed E-state index contributed by atoms with van der Waals surface area (Å²) in [7, 11) is 0. The fourth-order valence-electron chi connectivity index (χ4n) is 5.38. The van der Waals surface area contributed by atoms with Crippen molar-refractivity contribution in [1.29, 1.82) is 15.8 Å². The van der Waals surface area contributed by atoms with Crippen molar-refractivity contribution < 1.29 is 4.74 Å². The van der Waals surface area contributed by atoms with E-state index in [4.69, 9.17) is 9.72 Å². The van der Waals surface area contributed by atoms with Gasteiger partial charge in [0.1, 0.15) is 17.5 Å². The summed E-state index contributed by atoms with van der Waals surface area (Å²) < 4.78 is 5.83. The van der Waals surface area contributed by atoms with Gasteiger partial charge in [-0.15, -0.1) is 0 Å². The van der Waals surface area contributed by atoms with Gasteiger partial charge in [-0.3, -0.25) is 0 Å². The van der Waals surface area contributed by atoms with Crippen molar-refractivity contribution in [1.82, 2.24) is 4.98 Å². The second-order valence-electron chi connectivity index (χ2n) is 10.0. The minimum Gasteiger partial charge on any atom is -0.477 e. The number of ether oxygens (including phenoxy) is 1. The third-order valence-electron chi connectivity index (χ3n) is 7.22. The van der Waals surface area contributed by atoms with Crippen molar-refractivity contribution in [3.05, 3.63) is 41.5 Å². The lowest BCUT2D eigenvalue weighted by Gasteiger charge is -2.51. The maximum atomic E-state index is 10.3. The molecule has 0 bridgehead atoms. The lowest BCUT2D eigenvalue weighted by Crippen LogP contribution is -2.57. The van der Waals surface area contributed by atoms with Crippen LogP contribution in [-0.2, 0) is 6.42 Å². The van der Waals surface area contributed by atoms with Crippen LogP contribution in [-0.4, -0.2) is 24.2 Å². The molecule has 0 radical (unpaired) electrons. The second kappa shape index (κ2) is 8.42. The van der Waals surface area contributed by atoms with E-state index in [1.54, 1.807) is 0 Å². The number of nitriles is 3. The number of fused-ring (bicyclic) bond motifs is 3. The molecular formula is C27H29N5O. The summed E-state index contributed by atoms with van der Waals surface area (Å²) in [6.07, 6.45) is 1.96. The lowest BCUT2D eigenvalue weighted by atomic mass is 9.64. The van der Waals surface area contributed by atoms with Crippen LogP contribution < -0.4 is 9.64 Å². The Morgan fingerprint density at radius 1 is 1.15 bits per heavy atom. The van der Waals surface area contributed by atoms with E-state index in [0.717, 1.165) is 35.3 Å². The van der Waals surface area contributed by atoms with Crippen molar-refractivity contribution in [3.63, 3.8) is 0 Å². The smallest absolute Gasteiger partial charge is 0.234 e. The van der Waals surface area contributed by atoms with Crippen molar-refractivity contribution >= 4 is 5.82 Å². The molecule has 2 atom stereocenters. The summed E-state index contributed by atoms with van der Waals surface area (Å²) in [4.78, 5) is 6.97. The third-order valence-corrected chi connectivity index (χ3v) is 7.22. The van der Waals surface area contributed by atoms with E-state index in [0.29, 0.717) is 30.5 Å². The SMILES string of the molecule is CCOc1nc2c(c(-c3ccccc3)c1C#N)CC(C#N)(C#N)[C@H]1C[C@H](C(C)(C)C)CCN21. The normalized spacial score (nSPS) is 21.1. The molecule has 2 aromatic rings. The van der Waals surface area contributed by atoms with Gasteiger partial charge in [-0.1, -0.05) is 51.1 Å². The number of hydrogen-bond acceptors (Lipinski definition) is 6. The molecule has 6 nitrogen and oxygen atoms in total. The van der Waals surface area contributed by atoms with Crippen LogP contribution in [0, 0.1) is 50.7 Å². The van der Waals surface area contributed by atoms with Gasteiger partial charge in [-0.2, -0.15) is 20.8 Å². The standard InChI is InChI=1S/C27H29N5O/c1-5-33-25-21(15-28)23(18-9-7-6-8-10-18)20-14-27(16-29,17-30)22-13-19(26(2,3)4)11-12-32(22)24(20)31-25/h6-10,19,22H,5,11-14H2,1-4H3/t19-,22-/m1/s1.